The minimum absolute atomic E-state index is 0.0694. The summed E-state index contributed by atoms with van der Waals surface area (Å²) >= 11 is 0. The summed E-state index contributed by atoms with van der Waals surface area (Å²) < 4.78 is 5.95. The van der Waals surface area contributed by atoms with Gasteiger partial charge in [0.2, 0.25) is 5.91 Å². The van der Waals surface area contributed by atoms with E-state index in [2.05, 4.69) is 22.0 Å². The standard InChI is InChI=1S/C15H22N4O2/c1-11-4-5-13(17-16-11)19-8-6-15(7-9-19)12(2)18(3)14(20)10-21-15/h4-5,12H,6-10H2,1-3H3/t12-/m1/s1. The fraction of sp³-hybridized carbons (Fsp3) is 0.667. The first-order valence-corrected chi connectivity index (χ1v) is 7.47. The van der Waals surface area contributed by atoms with Crippen molar-refractivity contribution in [3.8, 4) is 0 Å². The van der Waals surface area contributed by atoms with E-state index in [1.165, 1.54) is 0 Å². The molecule has 1 spiro atoms. The number of rotatable bonds is 1. The molecule has 0 saturated carbocycles. The second kappa shape index (κ2) is 5.26. The third-order valence-electron chi connectivity index (χ3n) is 4.94. The lowest BCUT2D eigenvalue weighted by Gasteiger charge is -2.50. The third-order valence-corrected chi connectivity index (χ3v) is 4.94. The Labute approximate surface area is 125 Å². The zero-order valence-electron chi connectivity index (χ0n) is 12.9. The minimum atomic E-state index is -0.211. The van der Waals surface area contributed by atoms with Crippen LogP contribution in [0.15, 0.2) is 12.1 Å². The largest absolute Gasteiger partial charge is 0.363 e. The van der Waals surface area contributed by atoms with E-state index in [-0.39, 0.29) is 24.2 Å². The molecular weight excluding hydrogens is 268 g/mol. The van der Waals surface area contributed by atoms with Gasteiger partial charge in [-0.2, -0.15) is 5.10 Å². The highest BCUT2D eigenvalue weighted by molar-refractivity contribution is 5.78. The molecule has 6 heteroatoms. The first-order chi connectivity index (χ1) is 10.0. The number of piperidine rings is 1. The smallest absolute Gasteiger partial charge is 0.248 e. The summed E-state index contributed by atoms with van der Waals surface area (Å²) in [6.07, 6.45) is 1.81. The van der Waals surface area contributed by atoms with Crippen molar-refractivity contribution < 1.29 is 9.53 Å². The van der Waals surface area contributed by atoms with E-state index in [4.69, 9.17) is 4.74 Å². The number of hydrogen-bond donors (Lipinski definition) is 0. The van der Waals surface area contributed by atoms with Crippen LogP contribution in [0.2, 0.25) is 0 Å². The molecule has 2 saturated heterocycles. The average molecular weight is 290 g/mol. The molecule has 0 aliphatic carbocycles. The van der Waals surface area contributed by atoms with E-state index < -0.39 is 0 Å². The summed E-state index contributed by atoms with van der Waals surface area (Å²) in [5, 5.41) is 8.37. The topological polar surface area (TPSA) is 58.6 Å². The van der Waals surface area contributed by atoms with E-state index in [0.717, 1.165) is 37.4 Å². The molecule has 2 fully saturated rings. The number of amides is 1. The maximum absolute atomic E-state index is 11.7. The maximum Gasteiger partial charge on any atom is 0.248 e. The lowest BCUT2D eigenvalue weighted by molar-refractivity contribution is -0.177. The van der Waals surface area contributed by atoms with Gasteiger partial charge in [-0.05, 0) is 38.8 Å². The number of carbonyl (C=O) groups excluding carboxylic acids is 1. The molecule has 0 unspecified atom stereocenters. The van der Waals surface area contributed by atoms with Crippen molar-refractivity contribution in [1.82, 2.24) is 15.1 Å². The average Bonchev–Trinajstić information content (AvgIpc) is 2.51. The van der Waals surface area contributed by atoms with Gasteiger partial charge in [0.1, 0.15) is 6.61 Å². The van der Waals surface area contributed by atoms with Crippen LogP contribution in [-0.2, 0) is 9.53 Å². The molecule has 3 heterocycles. The lowest BCUT2D eigenvalue weighted by Crippen LogP contribution is -2.63. The van der Waals surface area contributed by atoms with Crippen LogP contribution in [0.1, 0.15) is 25.5 Å². The van der Waals surface area contributed by atoms with Crippen LogP contribution in [0.4, 0.5) is 5.82 Å². The molecule has 114 valence electrons. The van der Waals surface area contributed by atoms with Crippen molar-refractivity contribution in [2.75, 3.05) is 31.6 Å². The molecule has 0 bridgehead atoms. The Bertz CT molecular complexity index is 523. The second-order valence-electron chi connectivity index (χ2n) is 6.05. The van der Waals surface area contributed by atoms with Crippen LogP contribution in [0.25, 0.3) is 0 Å². The number of likely N-dealkylation sites (N-methyl/N-ethyl adjacent to an activating group) is 1. The highest BCUT2D eigenvalue weighted by Crippen LogP contribution is 2.35. The van der Waals surface area contributed by atoms with Crippen molar-refractivity contribution in [2.45, 2.75) is 38.3 Å². The monoisotopic (exact) mass is 290 g/mol. The fourth-order valence-electron chi connectivity index (χ4n) is 3.23. The van der Waals surface area contributed by atoms with Gasteiger partial charge in [-0.15, -0.1) is 5.10 Å². The Morgan fingerprint density at radius 3 is 2.62 bits per heavy atom. The molecule has 0 N–H and O–H groups in total. The Hall–Kier alpha value is -1.69. The Morgan fingerprint density at radius 1 is 1.29 bits per heavy atom. The molecule has 6 nitrogen and oxygen atoms in total. The third kappa shape index (κ3) is 2.48. The minimum Gasteiger partial charge on any atom is -0.363 e. The zero-order chi connectivity index (χ0) is 15.0. The van der Waals surface area contributed by atoms with Gasteiger partial charge < -0.3 is 14.5 Å². The van der Waals surface area contributed by atoms with Crippen molar-refractivity contribution in [1.29, 1.82) is 0 Å². The van der Waals surface area contributed by atoms with Crippen LogP contribution in [0, 0.1) is 6.92 Å². The van der Waals surface area contributed by atoms with E-state index >= 15 is 0 Å². The molecule has 3 rings (SSSR count). The number of aryl methyl sites for hydroxylation is 1. The maximum atomic E-state index is 11.7. The van der Waals surface area contributed by atoms with Crippen molar-refractivity contribution in [3.05, 3.63) is 17.8 Å². The summed E-state index contributed by atoms with van der Waals surface area (Å²) in [6.45, 7) is 5.98. The molecule has 1 amide bonds. The van der Waals surface area contributed by atoms with Gasteiger partial charge in [-0.25, -0.2) is 0 Å². The number of hydrogen-bond acceptors (Lipinski definition) is 5. The summed E-state index contributed by atoms with van der Waals surface area (Å²) in [5.41, 5.74) is 0.716. The van der Waals surface area contributed by atoms with E-state index in [0.29, 0.717) is 0 Å². The Balaban J connectivity index is 1.70. The quantitative estimate of drug-likeness (QED) is 0.772. The molecule has 0 aromatic carbocycles. The SMILES string of the molecule is Cc1ccc(N2CCC3(CC2)OCC(=O)N(C)[C@@H]3C)nn1. The first-order valence-electron chi connectivity index (χ1n) is 7.47. The van der Waals surface area contributed by atoms with Gasteiger partial charge in [0, 0.05) is 20.1 Å². The number of morpholine rings is 1. The summed E-state index contributed by atoms with van der Waals surface area (Å²) in [6, 6.07) is 4.12. The van der Waals surface area contributed by atoms with E-state index in [1.807, 2.05) is 31.0 Å². The Kier molecular flexibility index (Phi) is 3.57. The highest BCUT2D eigenvalue weighted by Gasteiger charge is 2.46. The first kappa shape index (κ1) is 14.3. The number of nitrogens with zero attached hydrogens (tertiary/aromatic N) is 4. The molecule has 0 radical (unpaired) electrons. The van der Waals surface area contributed by atoms with Crippen molar-refractivity contribution in [3.63, 3.8) is 0 Å². The van der Waals surface area contributed by atoms with Crippen LogP contribution in [0.3, 0.4) is 0 Å². The highest BCUT2D eigenvalue weighted by atomic mass is 16.5. The second-order valence-corrected chi connectivity index (χ2v) is 6.05. The normalized spacial score (nSPS) is 25.5. The zero-order valence-corrected chi connectivity index (χ0v) is 12.9. The molecule has 1 aromatic heterocycles. The van der Waals surface area contributed by atoms with Crippen LogP contribution < -0.4 is 4.90 Å². The van der Waals surface area contributed by atoms with Gasteiger partial charge in [0.25, 0.3) is 0 Å². The summed E-state index contributed by atoms with van der Waals surface area (Å²) in [7, 11) is 1.87. The van der Waals surface area contributed by atoms with Gasteiger partial charge in [-0.1, -0.05) is 0 Å². The van der Waals surface area contributed by atoms with Crippen molar-refractivity contribution >= 4 is 11.7 Å². The molecule has 1 aromatic rings. The van der Waals surface area contributed by atoms with Gasteiger partial charge in [0.15, 0.2) is 5.82 Å². The number of anilines is 1. The predicted octanol–water partition coefficient (Wildman–Crippen LogP) is 1.00. The summed E-state index contributed by atoms with van der Waals surface area (Å²) in [5.74, 6) is 0.989. The lowest BCUT2D eigenvalue weighted by atomic mass is 9.83. The molecule has 2 aliphatic rings. The van der Waals surface area contributed by atoms with Crippen molar-refractivity contribution in [2.24, 2.45) is 0 Å². The number of aromatic nitrogens is 2. The van der Waals surface area contributed by atoms with Gasteiger partial charge in [-0.3, -0.25) is 4.79 Å². The molecule has 2 aliphatic heterocycles. The molecule has 21 heavy (non-hydrogen) atoms. The van der Waals surface area contributed by atoms with Gasteiger partial charge in [0.05, 0.1) is 17.3 Å². The predicted molar refractivity (Wildman–Crippen MR) is 79.1 cm³/mol. The van der Waals surface area contributed by atoms with E-state index in [1.54, 1.807) is 0 Å². The molecular formula is C15H22N4O2. The summed E-state index contributed by atoms with van der Waals surface area (Å²) in [4.78, 5) is 15.8. The number of carbonyl (C=O) groups is 1. The van der Waals surface area contributed by atoms with E-state index in [9.17, 15) is 4.79 Å². The Morgan fingerprint density at radius 2 is 2.00 bits per heavy atom. The molecule has 1 atom stereocenters. The van der Waals surface area contributed by atoms with Gasteiger partial charge >= 0.3 is 0 Å². The number of ether oxygens (including phenoxy) is 1. The van der Waals surface area contributed by atoms with Crippen LogP contribution in [-0.4, -0.2) is 59.4 Å². The fourth-order valence-corrected chi connectivity index (χ4v) is 3.23. The van der Waals surface area contributed by atoms with Crippen LogP contribution in [0.5, 0.6) is 0 Å². The van der Waals surface area contributed by atoms with Crippen LogP contribution >= 0.6 is 0 Å².